The highest BCUT2D eigenvalue weighted by Crippen LogP contribution is 2.39. The highest BCUT2D eigenvalue weighted by Gasteiger charge is 2.23. The summed E-state index contributed by atoms with van der Waals surface area (Å²) in [5, 5.41) is 29.6. The lowest BCUT2D eigenvalue weighted by atomic mass is 9.92. The van der Waals surface area contributed by atoms with Gasteiger partial charge < -0.3 is 14.0 Å². The van der Waals surface area contributed by atoms with Crippen molar-refractivity contribution < 1.29 is 14.4 Å². The van der Waals surface area contributed by atoms with Gasteiger partial charge in [0.2, 0.25) is 0 Å². The second-order valence-electron chi connectivity index (χ2n) is 6.85. The van der Waals surface area contributed by atoms with Crippen molar-refractivity contribution in [2.75, 3.05) is 14.2 Å². The fourth-order valence-corrected chi connectivity index (χ4v) is 3.85. The summed E-state index contributed by atoms with van der Waals surface area (Å²) in [4.78, 5) is 10.7. The molecule has 0 bridgehead atoms. The number of aryl methyl sites for hydroxylation is 1. The first-order valence-electron chi connectivity index (χ1n) is 9.21. The van der Waals surface area contributed by atoms with Crippen LogP contribution in [0.3, 0.4) is 0 Å². The summed E-state index contributed by atoms with van der Waals surface area (Å²) in [6.07, 6.45) is 0.681. The molecule has 0 saturated heterocycles. The summed E-state index contributed by atoms with van der Waals surface area (Å²) in [5.41, 5.74) is 3.87. The van der Waals surface area contributed by atoms with E-state index >= 15 is 0 Å². The van der Waals surface area contributed by atoms with Crippen molar-refractivity contribution in [3.05, 3.63) is 69.2 Å². The van der Waals surface area contributed by atoms with Gasteiger partial charge in [-0.3, -0.25) is 15.5 Å². The number of non-ortho nitro benzene ring substituents is 1. The molecule has 0 unspecified atom stereocenters. The van der Waals surface area contributed by atoms with Crippen LogP contribution in [-0.2, 0) is 13.0 Å². The van der Waals surface area contributed by atoms with Gasteiger partial charge in [0.1, 0.15) is 17.1 Å². The molecule has 8 nitrogen and oxygen atoms in total. The van der Waals surface area contributed by atoms with Crippen LogP contribution in [0.4, 0.5) is 5.69 Å². The minimum atomic E-state index is -0.475. The predicted molar refractivity (Wildman–Crippen MR) is 109 cm³/mol. The fraction of sp³-hybridized carbons (Fsp3) is 0.182. The SMILES string of the molecule is COc1cc2c(cc1OC)-c1cc(-c3cccc([N+](=O)[O-])c3)c(C#N)c(=N)n1CC2. The minimum Gasteiger partial charge on any atom is -0.493 e. The fourth-order valence-electron chi connectivity index (χ4n) is 3.85. The first kappa shape index (κ1) is 19.2. The van der Waals surface area contributed by atoms with Crippen LogP contribution < -0.4 is 15.0 Å². The largest absolute Gasteiger partial charge is 0.493 e. The molecule has 1 aromatic heterocycles. The van der Waals surface area contributed by atoms with Crippen molar-refractivity contribution in [1.82, 2.24) is 4.57 Å². The third-order valence-corrected chi connectivity index (χ3v) is 5.32. The zero-order valence-corrected chi connectivity index (χ0v) is 16.4. The van der Waals surface area contributed by atoms with Gasteiger partial charge in [0.25, 0.3) is 5.69 Å². The van der Waals surface area contributed by atoms with Gasteiger partial charge in [-0.05, 0) is 35.7 Å². The van der Waals surface area contributed by atoms with Gasteiger partial charge in [-0.2, -0.15) is 5.26 Å². The average Bonchev–Trinajstić information content (AvgIpc) is 2.77. The number of ether oxygens (including phenoxy) is 2. The lowest BCUT2D eigenvalue weighted by molar-refractivity contribution is -0.384. The Morgan fingerprint density at radius 2 is 1.87 bits per heavy atom. The van der Waals surface area contributed by atoms with E-state index in [9.17, 15) is 15.4 Å². The number of aromatic nitrogens is 1. The number of nitrogens with one attached hydrogen (secondary N) is 1. The number of nitro benzene ring substituents is 1. The van der Waals surface area contributed by atoms with Crippen LogP contribution in [0, 0.1) is 26.9 Å². The number of hydrogen-bond acceptors (Lipinski definition) is 6. The molecule has 1 aliphatic heterocycles. The standard InChI is InChI=1S/C22H18N4O4/c1-29-20-9-14-6-7-25-19(17(14)11-21(20)30-2)10-16(18(12-23)22(25)24)13-4-3-5-15(8-13)26(27)28/h3-5,8-11,24H,6-7H2,1-2H3. The minimum absolute atomic E-state index is 0.0694. The van der Waals surface area contributed by atoms with Gasteiger partial charge in [0, 0.05) is 29.8 Å². The molecule has 0 radical (unpaired) electrons. The van der Waals surface area contributed by atoms with Crippen LogP contribution in [0.1, 0.15) is 11.1 Å². The second kappa shape index (κ2) is 7.37. The number of nitro groups is 1. The maximum atomic E-state index is 11.2. The molecule has 0 aliphatic carbocycles. The number of hydrogen-bond donors (Lipinski definition) is 1. The predicted octanol–water partition coefficient (Wildman–Crippen LogP) is 3.65. The molecule has 0 spiro atoms. The number of pyridine rings is 1. The van der Waals surface area contributed by atoms with Crippen LogP contribution >= 0.6 is 0 Å². The number of nitriles is 1. The van der Waals surface area contributed by atoms with Crippen LogP contribution in [-0.4, -0.2) is 23.7 Å². The Hall–Kier alpha value is -4.12. The highest BCUT2D eigenvalue weighted by molar-refractivity contribution is 5.79. The summed E-state index contributed by atoms with van der Waals surface area (Å²) in [5.74, 6) is 1.20. The molecule has 1 N–H and O–H groups in total. The van der Waals surface area contributed by atoms with E-state index in [2.05, 4.69) is 6.07 Å². The van der Waals surface area contributed by atoms with Gasteiger partial charge in [0.05, 0.1) is 24.8 Å². The number of rotatable bonds is 4. The molecule has 0 saturated carbocycles. The lowest BCUT2D eigenvalue weighted by Gasteiger charge is -2.25. The van der Waals surface area contributed by atoms with Gasteiger partial charge in [-0.1, -0.05) is 12.1 Å². The first-order valence-corrected chi connectivity index (χ1v) is 9.21. The Kier molecular flexibility index (Phi) is 4.72. The Bertz CT molecular complexity index is 1290. The van der Waals surface area contributed by atoms with Crippen molar-refractivity contribution in [2.45, 2.75) is 13.0 Å². The first-order chi connectivity index (χ1) is 14.5. The molecule has 0 atom stereocenters. The van der Waals surface area contributed by atoms with E-state index in [1.54, 1.807) is 30.9 Å². The third kappa shape index (κ3) is 2.97. The molecule has 3 aromatic rings. The smallest absolute Gasteiger partial charge is 0.270 e. The van der Waals surface area contributed by atoms with Gasteiger partial charge in [-0.15, -0.1) is 0 Å². The number of fused-ring (bicyclic) bond motifs is 3. The summed E-state index contributed by atoms with van der Waals surface area (Å²) in [6, 6.07) is 13.8. The summed E-state index contributed by atoms with van der Waals surface area (Å²) in [7, 11) is 3.14. The van der Waals surface area contributed by atoms with E-state index in [1.165, 1.54) is 12.1 Å². The quantitative estimate of drug-likeness (QED) is 0.528. The molecule has 2 aromatic carbocycles. The molecule has 4 rings (SSSR count). The maximum Gasteiger partial charge on any atom is 0.270 e. The number of benzene rings is 2. The Labute approximate surface area is 172 Å². The maximum absolute atomic E-state index is 11.2. The van der Waals surface area contributed by atoms with E-state index in [1.807, 2.05) is 18.2 Å². The molecular weight excluding hydrogens is 384 g/mol. The van der Waals surface area contributed by atoms with Crippen LogP contribution in [0.5, 0.6) is 11.5 Å². The molecule has 0 amide bonds. The van der Waals surface area contributed by atoms with Crippen molar-refractivity contribution in [3.8, 4) is 40.0 Å². The lowest BCUT2D eigenvalue weighted by Crippen LogP contribution is -2.28. The van der Waals surface area contributed by atoms with E-state index in [4.69, 9.17) is 14.9 Å². The normalized spacial score (nSPS) is 11.8. The molecule has 150 valence electrons. The van der Waals surface area contributed by atoms with Crippen LogP contribution in [0.15, 0.2) is 42.5 Å². The van der Waals surface area contributed by atoms with Crippen LogP contribution in [0.2, 0.25) is 0 Å². The van der Waals surface area contributed by atoms with E-state index < -0.39 is 4.92 Å². The average molecular weight is 402 g/mol. The topological polar surface area (TPSA) is 114 Å². The zero-order chi connectivity index (χ0) is 21.4. The van der Waals surface area contributed by atoms with Crippen molar-refractivity contribution in [2.24, 2.45) is 0 Å². The second-order valence-corrected chi connectivity index (χ2v) is 6.85. The molecule has 1 aliphatic rings. The van der Waals surface area contributed by atoms with E-state index in [0.29, 0.717) is 35.6 Å². The zero-order valence-electron chi connectivity index (χ0n) is 16.4. The van der Waals surface area contributed by atoms with Crippen molar-refractivity contribution in [1.29, 1.82) is 10.7 Å². The molecule has 2 heterocycles. The van der Waals surface area contributed by atoms with E-state index in [-0.39, 0.29) is 16.7 Å². The Morgan fingerprint density at radius 3 is 2.53 bits per heavy atom. The monoisotopic (exact) mass is 402 g/mol. The Balaban J connectivity index is 2.01. The van der Waals surface area contributed by atoms with Gasteiger partial charge >= 0.3 is 0 Å². The van der Waals surface area contributed by atoms with Crippen molar-refractivity contribution in [3.63, 3.8) is 0 Å². The van der Waals surface area contributed by atoms with Gasteiger partial charge in [0.15, 0.2) is 11.5 Å². The molecule has 0 fully saturated rings. The highest BCUT2D eigenvalue weighted by atomic mass is 16.6. The number of methoxy groups -OCH3 is 2. The molecular formula is C22H18N4O4. The summed E-state index contributed by atoms with van der Waals surface area (Å²) >= 11 is 0. The van der Waals surface area contributed by atoms with E-state index in [0.717, 1.165) is 16.8 Å². The number of nitrogens with zero attached hydrogens (tertiary/aromatic N) is 3. The third-order valence-electron chi connectivity index (χ3n) is 5.32. The van der Waals surface area contributed by atoms with Gasteiger partial charge in [-0.25, -0.2) is 0 Å². The van der Waals surface area contributed by atoms with Crippen LogP contribution in [0.25, 0.3) is 22.4 Å². The summed E-state index contributed by atoms with van der Waals surface area (Å²) in [6.45, 7) is 0.542. The summed E-state index contributed by atoms with van der Waals surface area (Å²) < 4.78 is 12.6. The molecule has 8 heteroatoms. The molecule has 30 heavy (non-hydrogen) atoms. The Morgan fingerprint density at radius 1 is 1.13 bits per heavy atom. The van der Waals surface area contributed by atoms with Crippen molar-refractivity contribution >= 4 is 5.69 Å².